The fourth-order valence-corrected chi connectivity index (χ4v) is 3.74. The van der Waals surface area contributed by atoms with E-state index in [0.29, 0.717) is 5.92 Å². The first-order chi connectivity index (χ1) is 9.63. The van der Waals surface area contributed by atoms with Crippen LogP contribution >= 0.6 is 11.3 Å². The van der Waals surface area contributed by atoms with E-state index in [4.69, 9.17) is 4.98 Å². The second-order valence-electron chi connectivity index (χ2n) is 5.75. The highest BCUT2D eigenvalue weighted by molar-refractivity contribution is 7.11. The molecule has 4 nitrogen and oxygen atoms in total. The molecule has 1 aromatic rings. The van der Waals surface area contributed by atoms with Crippen LogP contribution in [0.3, 0.4) is 0 Å². The molecule has 1 saturated heterocycles. The smallest absolute Gasteiger partial charge is 0.0944 e. The van der Waals surface area contributed by atoms with Crippen LogP contribution in [0.2, 0.25) is 0 Å². The Morgan fingerprint density at radius 1 is 1.20 bits per heavy atom. The zero-order valence-electron chi connectivity index (χ0n) is 12.9. The van der Waals surface area contributed by atoms with E-state index >= 15 is 0 Å². The maximum atomic E-state index is 9.41. The highest BCUT2D eigenvalue weighted by Crippen LogP contribution is 2.25. The van der Waals surface area contributed by atoms with Gasteiger partial charge in [0.25, 0.3) is 0 Å². The lowest BCUT2D eigenvalue weighted by Gasteiger charge is -2.33. The Morgan fingerprint density at radius 3 is 2.35 bits per heavy atom. The van der Waals surface area contributed by atoms with Gasteiger partial charge in [-0.1, -0.05) is 20.8 Å². The molecule has 0 spiro atoms. The summed E-state index contributed by atoms with van der Waals surface area (Å²) in [4.78, 5) is 10.8. The molecule has 1 aliphatic heterocycles. The molecule has 2 heterocycles. The molecule has 2 rings (SSSR count). The molecule has 0 aromatic carbocycles. The molecule has 114 valence electrons. The van der Waals surface area contributed by atoms with Crippen LogP contribution < -0.4 is 0 Å². The number of aromatic nitrogens is 1. The molecule has 20 heavy (non-hydrogen) atoms. The van der Waals surface area contributed by atoms with Gasteiger partial charge >= 0.3 is 0 Å². The van der Waals surface area contributed by atoms with E-state index in [9.17, 15) is 5.11 Å². The van der Waals surface area contributed by atoms with Crippen molar-refractivity contribution in [3.05, 3.63) is 15.6 Å². The molecule has 0 unspecified atom stereocenters. The molecule has 1 N–H and O–H groups in total. The van der Waals surface area contributed by atoms with Gasteiger partial charge in [0.05, 0.1) is 22.2 Å². The SMILES string of the molecule is CCN1CCN(CCc2nc(C(C)C)c(CO)s2)CC1. The zero-order valence-corrected chi connectivity index (χ0v) is 13.7. The maximum absolute atomic E-state index is 9.41. The number of aliphatic hydroxyl groups excluding tert-OH is 1. The molecule has 1 aliphatic rings. The standard InChI is InChI=1S/C15H27N3OS/c1-4-17-7-9-18(10-8-17)6-5-14-16-15(12(2)3)13(11-19)20-14/h12,19H,4-11H2,1-3H3. The van der Waals surface area contributed by atoms with E-state index < -0.39 is 0 Å². The van der Waals surface area contributed by atoms with Crippen molar-refractivity contribution in [3.63, 3.8) is 0 Å². The number of rotatable bonds is 6. The number of likely N-dealkylation sites (N-methyl/N-ethyl adjacent to an activating group) is 1. The molecule has 1 fully saturated rings. The monoisotopic (exact) mass is 297 g/mol. The quantitative estimate of drug-likeness (QED) is 0.871. The lowest BCUT2D eigenvalue weighted by atomic mass is 10.1. The van der Waals surface area contributed by atoms with Crippen LogP contribution in [-0.4, -0.2) is 59.2 Å². The third kappa shape index (κ3) is 4.01. The fourth-order valence-electron chi connectivity index (χ4n) is 2.67. The molecule has 1 aromatic heterocycles. The first-order valence-electron chi connectivity index (χ1n) is 7.68. The number of nitrogens with zero attached hydrogens (tertiary/aromatic N) is 3. The van der Waals surface area contributed by atoms with Crippen molar-refractivity contribution in [1.82, 2.24) is 14.8 Å². The molecular formula is C15H27N3OS. The Balaban J connectivity index is 1.85. The van der Waals surface area contributed by atoms with Gasteiger partial charge < -0.3 is 14.9 Å². The van der Waals surface area contributed by atoms with Gasteiger partial charge in [-0.2, -0.15) is 0 Å². The average Bonchev–Trinajstić information content (AvgIpc) is 2.89. The van der Waals surface area contributed by atoms with Gasteiger partial charge in [0.2, 0.25) is 0 Å². The summed E-state index contributed by atoms with van der Waals surface area (Å²) >= 11 is 1.68. The molecule has 0 amide bonds. The van der Waals surface area contributed by atoms with Crippen molar-refractivity contribution in [2.24, 2.45) is 0 Å². The average molecular weight is 297 g/mol. The fraction of sp³-hybridized carbons (Fsp3) is 0.800. The molecule has 0 atom stereocenters. The Hall–Kier alpha value is -0.490. The van der Waals surface area contributed by atoms with Crippen LogP contribution in [-0.2, 0) is 13.0 Å². The van der Waals surface area contributed by atoms with Gasteiger partial charge in [0.15, 0.2) is 0 Å². The van der Waals surface area contributed by atoms with Gasteiger partial charge in [0.1, 0.15) is 0 Å². The van der Waals surface area contributed by atoms with Gasteiger partial charge in [0, 0.05) is 39.1 Å². The van der Waals surface area contributed by atoms with E-state index in [1.807, 2.05) is 0 Å². The summed E-state index contributed by atoms with van der Waals surface area (Å²) in [5.74, 6) is 0.398. The Morgan fingerprint density at radius 2 is 1.85 bits per heavy atom. The highest BCUT2D eigenvalue weighted by atomic mass is 32.1. The Kier molecular flexibility index (Phi) is 5.96. The largest absolute Gasteiger partial charge is 0.391 e. The first-order valence-corrected chi connectivity index (χ1v) is 8.49. The molecule has 0 bridgehead atoms. The van der Waals surface area contributed by atoms with Crippen LogP contribution in [0.25, 0.3) is 0 Å². The summed E-state index contributed by atoms with van der Waals surface area (Å²) in [5.41, 5.74) is 1.09. The number of piperazine rings is 1. The van der Waals surface area contributed by atoms with Gasteiger partial charge in [-0.15, -0.1) is 11.3 Å². The zero-order chi connectivity index (χ0) is 14.5. The maximum Gasteiger partial charge on any atom is 0.0944 e. The van der Waals surface area contributed by atoms with Crippen LogP contribution in [0.5, 0.6) is 0 Å². The summed E-state index contributed by atoms with van der Waals surface area (Å²) in [6.07, 6.45) is 1.01. The summed E-state index contributed by atoms with van der Waals surface area (Å²) in [6.45, 7) is 13.6. The van der Waals surface area contributed by atoms with Crippen LogP contribution in [0.15, 0.2) is 0 Å². The second-order valence-corrected chi connectivity index (χ2v) is 6.92. The van der Waals surface area contributed by atoms with Crippen molar-refractivity contribution in [1.29, 1.82) is 0 Å². The topological polar surface area (TPSA) is 39.6 Å². The molecule has 0 aliphatic carbocycles. The molecule has 0 saturated carbocycles. The summed E-state index contributed by atoms with van der Waals surface area (Å²) < 4.78 is 0. The summed E-state index contributed by atoms with van der Waals surface area (Å²) in [6, 6.07) is 0. The second kappa shape index (κ2) is 7.50. The van der Waals surface area contributed by atoms with Crippen LogP contribution in [0.4, 0.5) is 0 Å². The lowest BCUT2D eigenvalue weighted by molar-refractivity contribution is 0.138. The molecule has 0 radical (unpaired) electrons. The minimum absolute atomic E-state index is 0.125. The van der Waals surface area contributed by atoms with Crippen molar-refractivity contribution < 1.29 is 5.11 Å². The summed E-state index contributed by atoms with van der Waals surface area (Å²) in [7, 11) is 0. The van der Waals surface area contributed by atoms with Gasteiger partial charge in [-0.05, 0) is 12.5 Å². The Labute approximate surface area is 126 Å². The first kappa shape index (κ1) is 15.9. The normalized spacial score (nSPS) is 18.1. The molecule has 5 heteroatoms. The van der Waals surface area contributed by atoms with Crippen molar-refractivity contribution in [3.8, 4) is 0 Å². The predicted molar refractivity (Wildman–Crippen MR) is 84.4 cm³/mol. The number of hydrogen-bond acceptors (Lipinski definition) is 5. The molecular weight excluding hydrogens is 270 g/mol. The van der Waals surface area contributed by atoms with E-state index in [2.05, 4.69) is 30.6 Å². The van der Waals surface area contributed by atoms with Crippen LogP contribution in [0, 0.1) is 0 Å². The van der Waals surface area contributed by atoms with Gasteiger partial charge in [-0.3, -0.25) is 0 Å². The van der Waals surface area contributed by atoms with Crippen LogP contribution in [0.1, 0.15) is 42.3 Å². The van der Waals surface area contributed by atoms with E-state index in [-0.39, 0.29) is 6.61 Å². The number of hydrogen-bond donors (Lipinski definition) is 1. The van der Waals surface area contributed by atoms with E-state index in [0.717, 1.165) is 30.1 Å². The van der Waals surface area contributed by atoms with E-state index in [1.54, 1.807) is 11.3 Å². The highest BCUT2D eigenvalue weighted by Gasteiger charge is 2.17. The number of thiazole rings is 1. The van der Waals surface area contributed by atoms with Gasteiger partial charge in [-0.25, -0.2) is 4.98 Å². The van der Waals surface area contributed by atoms with Crippen molar-refractivity contribution >= 4 is 11.3 Å². The number of aliphatic hydroxyl groups is 1. The summed E-state index contributed by atoms with van der Waals surface area (Å²) in [5, 5.41) is 10.6. The minimum atomic E-state index is 0.125. The minimum Gasteiger partial charge on any atom is -0.391 e. The lowest BCUT2D eigenvalue weighted by Crippen LogP contribution is -2.46. The van der Waals surface area contributed by atoms with E-state index in [1.165, 1.54) is 31.2 Å². The predicted octanol–water partition coefficient (Wildman–Crippen LogP) is 1.94. The third-order valence-electron chi connectivity index (χ3n) is 4.02. The Bertz CT molecular complexity index is 411. The van der Waals surface area contributed by atoms with Crippen molar-refractivity contribution in [2.45, 2.75) is 39.7 Å². The van der Waals surface area contributed by atoms with Crippen molar-refractivity contribution in [2.75, 3.05) is 39.3 Å². The third-order valence-corrected chi connectivity index (χ3v) is 5.13.